The molecular weight excluding hydrogens is 280 g/mol. The van der Waals surface area contributed by atoms with Crippen molar-refractivity contribution < 1.29 is 14.6 Å². The summed E-state index contributed by atoms with van der Waals surface area (Å²) in [6.45, 7) is 5.08. The van der Waals surface area contributed by atoms with E-state index in [4.69, 9.17) is 4.74 Å². The van der Waals surface area contributed by atoms with Crippen molar-refractivity contribution in [3.63, 3.8) is 0 Å². The first-order chi connectivity index (χ1) is 10.5. The van der Waals surface area contributed by atoms with E-state index in [-0.39, 0.29) is 18.1 Å². The third kappa shape index (κ3) is 6.35. The molecule has 5 heteroatoms. The Morgan fingerprint density at radius 1 is 1.32 bits per heavy atom. The Bertz CT molecular complexity index is 469. The molecule has 2 rings (SSSR count). The maximum atomic E-state index is 11.8. The van der Waals surface area contributed by atoms with Gasteiger partial charge in [-0.15, -0.1) is 0 Å². The maximum Gasteiger partial charge on any atom is 0.319 e. The number of urea groups is 1. The van der Waals surface area contributed by atoms with E-state index in [0.717, 1.165) is 24.0 Å². The number of aliphatic hydroxyl groups is 1. The van der Waals surface area contributed by atoms with Gasteiger partial charge in [0.1, 0.15) is 5.75 Å². The summed E-state index contributed by atoms with van der Waals surface area (Å²) < 4.78 is 5.65. The third-order valence-electron chi connectivity index (χ3n) is 3.65. The van der Waals surface area contributed by atoms with Gasteiger partial charge in [0.05, 0.1) is 12.7 Å². The van der Waals surface area contributed by atoms with Crippen molar-refractivity contribution in [1.82, 2.24) is 5.32 Å². The summed E-state index contributed by atoms with van der Waals surface area (Å²) in [5, 5.41) is 14.9. The van der Waals surface area contributed by atoms with Gasteiger partial charge in [0.2, 0.25) is 0 Å². The molecule has 0 bridgehead atoms. The van der Waals surface area contributed by atoms with E-state index >= 15 is 0 Å². The van der Waals surface area contributed by atoms with E-state index < -0.39 is 0 Å². The standard InChI is InChI=1S/C17H26N2O3/c1-12(9-13(2)20)10-18-17(21)19-15-5-7-16(8-6-15)22-11-14-3-4-14/h5-8,12-14,20H,3-4,9-11H2,1-2H3,(H2,18,19,21)/t12-,13+/m1/s1. The number of benzene rings is 1. The van der Waals surface area contributed by atoms with Gasteiger partial charge in [-0.3, -0.25) is 0 Å². The SMILES string of the molecule is C[C@@H](CNC(=O)Nc1ccc(OCC2CC2)cc1)C[C@H](C)O. The number of hydrogen-bond donors (Lipinski definition) is 3. The van der Waals surface area contributed by atoms with Crippen molar-refractivity contribution in [3.8, 4) is 5.75 Å². The summed E-state index contributed by atoms with van der Waals surface area (Å²) in [6, 6.07) is 7.17. The number of nitrogens with one attached hydrogen (secondary N) is 2. The van der Waals surface area contributed by atoms with Crippen molar-refractivity contribution in [2.75, 3.05) is 18.5 Å². The van der Waals surface area contributed by atoms with E-state index in [1.807, 2.05) is 31.2 Å². The van der Waals surface area contributed by atoms with Gasteiger partial charge in [-0.25, -0.2) is 4.79 Å². The normalized spacial score (nSPS) is 16.7. The first-order valence-electron chi connectivity index (χ1n) is 7.98. The van der Waals surface area contributed by atoms with E-state index in [2.05, 4.69) is 10.6 Å². The van der Waals surface area contributed by atoms with Crippen LogP contribution in [-0.4, -0.2) is 30.4 Å². The number of ether oxygens (including phenoxy) is 1. The minimum atomic E-state index is -0.344. The second-order valence-electron chi connectivity index (χ2n) is 6.30. The lowest BCUT2D eigenvalue weighted by atomic mass is 10.1. The molecule has 1 aromatic rings. The van der Waals surface area contributed by atoms with Crippen LogP contribution in [-0.2, 0) is 0 Å². The zero-order chi connectivity index (χ0) is 15.9. The number of rotatable bonds is 8. The van der Waals surface area contributed by atoms with Crippen LogP contribution in [0.25, 0.3) is 0 Å². The maximum absolute atomic E-state index is 11.8. The third-order valence-corrected chi connectivity index (χ3v) is 3.65. The monoisotopic (exact) mass is 306 g/mol. The predicted octanol–water partition coefficient (Wildman–Crippen LogP) is 3.00. The molecule has 0 heterocycles. The van der Waals surface area contributed by atoms with Gasteiger partial charge < -0.3 is 20.5 Å². The van der Waals surface area contributed by atoms with Gasteiger partial charge in [0, 0.05) is 12.2 Å². The van der Waals surface area contributed by atoms with Gasteiger partial charge >= 0.3 is 6.03 Å². The molecule has 3 N–H and O–H groups in total. The molecule has 0 aromatic heterocycles. The van der Waals surface area contributed by atoms with Gasteiger partial charge in [-0.2, -0.15) is 0 Å². The van der Waals surface area contributed by atoms with Crippen LogP contribution in [0, 0.1) is 11.8 Å². The molecule has 1 fully saturated rings. The van der Waals surface area contributed by atoms with Crippen molar-refractivity contribution in [3.05, 3.63) is 24.3 Å². The first-order valence-corrected chi connectivity index (χ1v) is 7.98. The second-order valence-corrected chi connectivity index (χ2v) is 6.30. The Labute approximate surface area is 132 Å². The molecule has 22 heavy (non-hydrogen) atoms. The summed E-state index contributed by atoms with van der Waals surface area (Å²) in [4.78, 5) is 11.8. The zero-order valence-electron chi connectivity index (χ0n) is 13.3. The molecule has 5 nitrogen and oxygen atoms in total. The van der Waals surface area contributed by atoms with E-state index in [9.17, 15) is 9.90 Å². The van der Waals surface area contributed by atoms with Crippen molar-refractivity contribution in [2.45, 2.75) is 39.2 Å². The van der Waals surface area contributed by atoms with Crippen LogP contribution in [0.5, 0.6) is 5.75 Å². The highest BCUT2D eigenvalue weighted by Crippen LogP contribution is 2.29. The van der Waals surface area contributed by atoms with E-state index in [1.54, 1.807) is 6.92 Å². The number of carbonyl (C=O) groups excluding carboxylic acids is 1. The van der Waals surface area contributed by atoms with Crippen LogP contribution in [0.4, 0.5) is 10.5 Å². The molecule has 0 radical (unpaired) electrons. The van der Waals surface area contributed by atoms with E-state index in [0.29, 0.717) is 13.0 Å². The highest BCUT2D eigenvalue weighted by atomic mass is 16.5. The number of anilines is 1. The van der Waals surface area contributed by atoms with Gasteiger partial charge in [0.15, 0.2) is 0 Å². The molecular formula is C17H26N2O3. The number of aliphatic hydroxyl groups excluding tert-OH is 1. The minimum absolute atomic E-state index is 0.232. The highest BCUT2D eigenvalue weighted by Gasteiger charge is 2.21. The van der Waals surface area contributed by atoms with Crippen LogP contribution in [0.2, 0.25) is 0 Å². The van der Waals surface area contributed by atoms with Gasteiger partial charge in [0.25, 0.3) is 0 Å². The molecule has 0 aliphatic heterocycles. The summed E-state index contributed by atoms with van der Waals surface area (Å²) in [5.41, 5.74) is 0.736. The average molecular weight is 306 g/mol. The fourth-order valence-corrected chi connectivity index (χ4v) is 2.24. The lowest BCUT2D eigenvalue weighted by molar-refractivity contribution is 0.163. The molecule has 1 saturated carbocycles. The minimum Gasteiger partial charge on any atom is -0.493 e. The Morgan fingerprint density at radius 2 is 2.00 bits per heavy atom. The Hall–Kier alpha value is -1.75. The molecule has 0 unspecified atom stereocenters. The lowest BCUT2D eigenvalue weighted by Gasteiger charge is -2.14. The van der Waals surface area contributed by atoms with Crippen molar-refractivity contribution >= 4 is 11.7 Å². The molecule has 1 aromatic carbocycles. The smallest absolute Gasteiger partial charge is 0.319 e. The zero-order valence-corrected chi connectivity index (χ0v) is 13.3. The molecule has 122 valence electrons. The molecule has 0 saturated heterocycles. The van der Waals surface area contributed by atoms with Crippen LogP contribution < -0.4 is 15.4 Å². The predicted molar refractivity (Wildman–Crippen MR) is 87.1 cm³/mol. The summed E-state index contributed by atoms with van der Waals surface area (Å²) in [7, 11) is 0. The van der Waals surface area contributed by atoms with Crippen molar-refractivity contribution in [2.24, 2.45) is 11.8 Å². The highest BCUT2D eigenvalue weighted by molar-refractivity contribution is 5.89. The van der Waals surface area contributed by atoms with Gasteiger partial charge in [-0.05, 0) is 62.3 Å². The average Bonchev–Trinajstić information content (AvgIpc) is 3.28. The van der Waals surface area contributed by atoms with Crippen molar-refractivity contribution in [1.29, 1.82) is 0 Å². The number of carbonyl (C=O) groups is 1. The van der Waals surface area contributed by atoms with Crippen LogP contribution >= 0.6 is 0 Å². The Balaban J connectivity index is 1.69. The van der Waals surface area contributed by atoms with Crippen LogP contribution in [0.3, 0.4) is 0 Å². The van der Waals surface area contributed by atoms with Gasteiger partial charge in [-0.1, -0.05) is 6.92 Å². The molecule has 1 aliphatic carbocycles. The first kappa shape index (κ1) is 16.6. The second kappa shape index (κ2) is 8.03. The largest absolute Gasteiger partial charge is 0.493 e. The molecule has 2 atom stereocenters. The fourth-order valence-electron chi connectivity index (χ4n) is 2.24. The van der Waals surface area contributed by atoms with E-state index in [1.165, 1.54) is 12.8 Å². The van der Waals surface area contributed by atoms with Crippen LogP contribution in [0.1, 0.15) is 33.1 Å². The fraction of sp³-hybridized carbons (Fsp3) is 0.588. The summed E-state index contributed by atoms with van der Waals surface area (Å²) in [6.07, 6.45) is 2.87. The lowest BCUT2D eigenvalue weighted by Crippen LogP contribution is -2.33. The Kier molecular flexibility index (Phi) is 6.07. The quantitative estimate of drug-likeness (QED) is 0.691. The van der Waals surface area contributed by atoms with Crippen LogP contribution in [0.15, 0.2) is 24.3 Å². The summed E-state index contributed by atoms with van der Waals surface area (Å²) >= 11 is 0. The number of amides is 2. The molecule has 2 amide bonds. The topological polar surface area (TPSA) is 70.6 Å². The summed E-state index contributed by atoms with van der Waals surface area (Å²) in [5.74, 6) is 1.81. The number of hydrogen-bond acceptors (Lipinski definition) is 3. The Morgan fingerprint density at radius 3 is 2.59 bits per heavy atom. The molecule has 0 spiro atoms. The molecule has 1 aliphatic rings.